The summed E-state index contributed by atoms with van der Waals surface area (Å²) < 4.78 is 6.22. The van der Waals surface area contributed by atoms with E-state index < -0.39 is 0 Å². The van der Waals surface area contributed by atoms with Gasteiger partial charge >= 0.3 is 0 Å². The van der Waals surface area contributed by atoms with Crippen molar-refractivity contribution in [3.05, 3.63) is 82.9 Å². The number of fused-ring (bicyclic) bond motifs is 4. The molecular formula is C23H21N3O. The lowest BCUT2D eigenvalue weighted by Crippen LogP contribution is -2.35. The maximum atomic E-state index is 6.22. The fourth-order valence-corrected chi connectivity index (χ4v) is 3.98. The van der Waals surface area contributed by atoms with E-state index in [9.17, 15) is 0 Å². The average molecular weight is 355 g/mol. The van der Waals surface area contributed by atoms with Crippen molar-refractivity contribution >= 4 is 22.4 Å². The smallest absolute Gasteiger partial charge is 0.194 e. The van der Waals surface area contributed by atoms with Crippen LogP contribution in [0, 0.1) is 6.92 Å². The first-order valence-electron chi connectivity index (χ1n) is 9.25. The molecule has 3 aromatic carbocycles. The van der Waals surface area contributed by atoms with Gasteiger partial charge in [-0.15, -0.1) is 0 Å². The molecule has 0 aromatic heterocycles. The Labute approximate surface area is 158 Å². The van der Waals surface area contributed by atoms with Crippen molar-refractivity contribution in [2.75, 3.05) is 6.61 Å². The quantitative estimate of drug-likeness (QED) is 0.684. The van der Waals surface area contributed by atoms with E-state index in [1.807, 2.05) is 12.1 Å². The summed E-state index contributed by atoms with van der Waals surface area (Å²) in [6, 6.07) is 21.0. The number of nitrogens with two attached hydrogens (primary N) is 1. The Morgan fingerprint density at radius 2 is 1.85 bits per heavy atom. The van der Waals surface area contributed by atoms with Crippen LogP contribution in [0.15, 0.2) is 71.2 Å². The van der Waals surface area contributed by atoms with E-state index in [-0.39, 0.29) is 6.04 Å². The number of aliphatic imine (C=N–C) groups is 1. The predicted octanol–water partition coefficient (Wildman–Crippen LogP) is 4.30. The predicted molar refractivity (Wildman–Crippen MR) is 110 cm³/mol. The van der Waals surface area contributed by atoms with Crippen molar-refractivity contribution in [2.24, 2.45) is 10.7 Å². The van der Waals surface area contributed by atoms with Gasteiger partial charge in [0.15, 0.2) is 5.96 Å². The number of nitrogens with one attached hydrogen (secondary N) is 1. The summed E-state index contributed by atoms with van der Waals surface area (Å²) in [6.45, 7) is 2.72. The zero-order chi connectivity index (χ0) is 18.4. The van der Waals surface area contributed by atoms with Crippen molar-refractivity contribution in [2.45, 2.75) is 19.4 Å². The lowest BCUT2D eigenvalue weighted by atomic mass is 9.91. The van der Waals surface area contributed by atoms with Crippen LogP contribution in [0.4, 0.5) is 0 Å². The van der Waals surface area contributed by atoms with Crippen LogP contribution in [0.25, 0.3) is 16.5 Å². The summed E-state index contributed by atoms with van der Waals surface area (Å²) in [7, 11) is 0. The van der Waals surface area contributed by atoms with Crippen LogP contribution < -0.4 is 15.8 Å². The number of hydrogen-bond donors (Lipinski definition) is 2. The highest BCUT2D eigenvalue weighted by molar-refractivity contribution is 5.98. The third kappa shape index (κ3) is 2.65. The highest BCUT2D eigenvalue weighted by atomic mass is 16.5. The summed E-state index contributed by atoms with van der Waals surface area (Å²) in [5, 5.41) is 5.62. The molecule has 4 nitrogen and oxygen atoms in total. The molecule has 0 amide bonds. The molecule has 0 fully saturated rings. The van der Waals surface area contributed by atoms with Gasteiger partial charge in [0.1, 0.15) is 11.8 Å². The summed E-state index contributed by atoms with van der Waals surface area (Å²) in [4.78, 5) is 4.71. The lowest BCUT2D eigenvalue weighted by molar-refractivity contribution is 0.325. The first-order valence-corrected chi connectivity index (χ1v) is 9.25. The van der Waals surface area contributed by atoms with Crippen LogP contribution in [0.3, 0.4) is 0 Å². The molecule has 1 atom stereocenters. The highest BCUT2D eigenvalue weighted by Crippen LogP contribution is 2.42. The average Bonchev–Trinajstić information content (AvgIpc) is 2.88. The third-order valence-electron chi connectivity index (χ3n) is 5.33. The Kier molecular flexibility index (Phi) is 3.64. The molecule has 2 aliphatic rings. The van der Waals surface area contributed by atoms with Crippen molar-refractivity contribution in [1.29, 1.82) is 0 Å². The summed E-state index contributed by atoms with van der Waals surface area (Å²) in [5.74, 6) is 1.36. The number of ether oxygens (including phenoxy) is 1. The molecule has 27 heavy (non-hydrogen) atoms. The number of hydrogen-bond acceptors (Lipinski definition) is 4. The van der Waals surface area contributed by atoms with E-state index in [4.69, 9.17) is 15.5 Å². The molecule has 0 saturated carbocycles. The maximum Gasteiger partial charge on any atom is 0.194 e. The van der Waals surface area contributed by atoms with Gasteiger partial charge < -0.3 is 15.8 Å². The monoisotopic (exact) mass is 355 g/mol. The number of benzene rings is 3. The second-order valence-electron chi connectivity index (χ2n) is 7.11. The molecule has 3 N–H and O–H groups in total. The molecule has 0 spiro atoms. The van der Waals surface area contributed by atoms with Gasteiger partial charge in [-0.1, -0.05) is 60.2 Å². The summed E-state index contributed by atoms with van der Waals surface area (Å²) in [6.07, 6.45) is 0.806. The second-order valence-corrected chi connectivity index (χ2v) is 7.11. The third-order valence-corrected chi connectivity index (χ3v) is 5.33. The number of nitrogens with zero attached hydrogens (tertiary/aromatic N) is 1. The fraction of sp³-hybridized carbons (Fsp3) is 0.174. The Bertz CT molecular complexity index is 1100. The first-order chi connectivity index (χ1) is 13.2. The van der Waals surface area contributed by atoms with E-state index in [2.05, 4.69) is 60.8 Å². The minimum atomic E-state index is -0.0807. The number of aryl methyl sites for hydroxylation is 1. The van der Waals surface area contributed by atoms with Crippen LogP contribution in [0.2, 0.25) is 0 Å². The molecule has 4 heteroatoms. The van der Waals surface area contributed by atoms with E-state index in [0.717, 1.165) is 34.4 Å². The molecule has 5 rings (SSSR count). The zero-order valence-electron chi connectivity index (χ0n) is 15.2. The molecule has 1 unspecified atom stereocenters. The fourth-order valence-electron chi connectivity index (χ4n) is 3.98. The number of rotatable bonds is 1. The van der Waals surface area contributed by atoms with Gasteiger partial charge in [-0.2, -0.15) is 0 Å². The van der Waals surface area contributed by atoms with Gasteiger partial charge in [-0.05, 0) is 29.5 Å². The molecule has 0 radical (unpaired) electrons. The second kappa shape index (κ2) is 6.16. The van der Waals surface area contributed by atoms with Crippen LogP contribution in [0.5, 0.6) is 5.75 Å². The molecule has 0 bridgehead atoms. The van der Waals surface area contributed by atoms with Crippen molar-refractivity contribution in [3.8, 4) is 5.75 Å². The van der Waals surface area contributed by atoms with Gasteiger partial charge in [-0.3, -0.25) is 0 Å². The van der Waals surface area contributed by atoms with Crippen LogP contribution in [-0.4, -0.2) is 12.6 Å². The molecule has 0 saturated heterocycles. The highest BCUT2D eigenvalue weighted by Gasteiger charge is 2.29. The summed E-state index contributed by atoms with van der Waals surface area (Å²) >= 11 is 0. The van der Waals surface area contributed by atoms with Crippen molar-refractivity contribution in [1.82, 2.24) is 5.32 Å². The molecule has 2 aliphatic heterocycles. The van der Waals surface area contributed by atoms with E-state index >= 15 is 0 Å². The van der Waals surface area contributed by atoms with Crippen molar-refractivity contribution in [3.63, 3.8) is 0 Å². The van der Waals surface area contributed by atoms with Gasteiger partial charge in [-0.25, -0.2) is 4.99 Å². The minimum Gasteiger partial charge on any atom is -0.492 e. The SMILES string of the molecule is Cc1ccc(C2N=C(N)NC3=C2CCOc2c3ccc3ccccc23)cc1. The van der Waals surface area contributed by atoms with E-state index in [0.29, 0.717) is 12.6 Å². The minimum absolute atomic E-state index is 0.0807. The van der Waals surface area contributed by atoms with Gasteiger partial charge in [0, 0.05) is 17.4 Å². The van der Waals surface area contributed by atoms with Gasteiger partial charge in [0.05, 0.1) is 12.3 Å². The Hall–Kier alpha value is -3.27. The van der Waals surface area contributed by atoms with Crippen molar-refractivity contribution < 1.29 is 4.74 Å². The summed E-state index contributed by atoms with van der Waals surface area (Å²) in [5.41, 5.74) is 11.9. The standard InChI is InChI=1S/C23H21N3O/c1-14-6-8-16(9-7-14)20-18-12-13-27-22-17-5-3-2-4-15(17)10-11-19(22)21(18)26-23(24)25-20/h2-11,20H,12-13H2,1H3,(H3,24,25,26). The van der Waals surface area contributed by atoms with Crippen LogP contribution in [-0.2, 0) is 0 Å². The molecule has 0 aliphatic carbocycles. The zero-order valence-corrected chi connectivity index (χ0v) is 15.2. The normalized spacial score (nSPS) is 18.7. The van der Waals surface area contributed by atoms with Gasteiger partial charge in [0.2, 0.25) is 0 Å². The Morgan fingerprint density at radius 3 is 2.70 bits per heavy atom. The first kappa shape index (κ1) is 15.9. The Morgan fingerprint density at radius 1 is 1.04 bits per heavy atom. The van der Waals surface area contributed by atoms with E-state index in [1.54, 1.807) is 0 Å². The number of guanidine groups is 1. The lowest BCUT2D eigenvalue weighted by Gasteiger charge is -2.26. The Balaban J connectivity index is 1.71. The topological polar surface area (TPSA) is 59.6 Å². The largest absolute Gasteiger partial charge is 0.492 e. The molecular weight excluding hydrogens is 334 g/mol. The van der Waals surface area contributed by atoms with Crippen LogP contribution >= 0.6 is 0 Å². The van der Waals surface area contributed by atoms with E-state index in [1.165, 1.54) is 16.5 Å². The van der Waals surface area contributed by atoms with Gasteiger partial charge in [0.25, 0.3) is 0 Å². The maximum absolute atomic E-state index is 6.22. The molecule has 3 aromatic rings. The molecule has 2 heterocycles. The van der Waals surface area contributed by atoms with Crippen LogP contribution in [0.1, 0.15) is 29.2 Å². The molecule has 134 valence electrons.